The van der Waals surface area contributed by atoms with Crippen LogP contribution in [0, 0.1) is 0 Å². The van der Waals surface area contributed by atoms with Gasteiger partial charge in [0.15, 0.2) is 0 Å². The smallest absolute Gasteiger partial charge is 0.112 e. The van der Waals surface area contributed by atoms with Gasteiger partial charge in [0.25, 0.3) is 0 Å². The van der Waals surface area contributed by atoms with Gasteiger partial charge < -0.3 is 10.2 Å². The Kier molecular flexibility index (Phi) is 7.08. The Balaban J connectivity index is 3.22. The molecule has 0 fully saturated rings. The summed E-state index contributed by atoms with van der Waals surface area (Å²) >= 11 is 0. The summed E-state index contributed by atoms with van der Waals surface area (Å²) in [5, 5.41) is 0. The van der Waals surface area contributed by atoms with Crippen molar-refractivity contribution in [3.8, 4) is 0 Å². The lowest BCUT2D eigenvalue weighted by Gasteiger charge is -2.04. The van der Waals surface area contributed by atoms with Gasteiger partial charge in [-0.15, -0.1) is 0 Å². The van der Waals surface area contributed by atoms with E-state index in [4.69, 9.17) is 10.6 Å². The third kappa shape index (κ3) is 5.82. The predicted octanol–water partition coefficient (Wildman–Crippen LogP) is 0.295. The fourth-order valence-corrected chi connectivity index (χ4v) is 0.664. The Morgan fingerprint density at radius 2 is 2.27 bits per heavy atom. The summed E-state index contributed by atoms with van der Waals surface area (Å²) in [7, 11) is 1.70. The lowest BCUT2D eigenvalue weighted by atomic mass is 10.4. The quantitative estimate of drug-likeness (QED) is 0.199. The standard InChI is InChI=1S/C7H17N3O/c1-3-5-11-6-4-7(9-2)10-8/h3-6,8H2,1-2H3,(H,9,10). The molecule has 0 aliphatic carbocycles. The van der Waals surface area contributed by atoms with Crippen LogP contribution in [0.1, 0.15) is 19.8 Å². The zero-order valence-electron chi connectivity index (χ0n) is 7.26. The zero-order chi connectivity index (χ0) is 8.53. The molecule has 4 heteroatoms. The predicted molar refractivity (Wildman–Crippen MR) is 46.4 cm³/mol. The Morgan fingerprint density at radius 3 is 2.73 bits per heavy atom. The van der Waals surface area contributed by atoms with Gasteiger partial charge in [-0.3, -0.25) is 4.99 Å². The minimum Gasteiger partial charge on any atom is -0.381 e. The van der Waals surface area contributed by atoms with Gasteiger partial charge in [-0.2, -0.15) is 0 Å². The number of amidine groups is 1. The van der Waals surface area contributed by atoms with Crippen LogP contribution < -0.4 is 11.3 Å². The number of rotatable bonds is 5. The van der Waals surface area contributed by atoms with Crippen molar-refractivity contribution in [3.05, 3.63) is 0 Å². The molecule has 0 amide bonds. The van der Waals surface area contributed by atoms with Crippen molar-refractivity contribution in [3.63, 3.8) is 0 Å². The van der Waals surface area contributed by atoms with E-state index >= 15 is 0 Å². The molecular formula is C7H17N3O. The van der Waals surface area contributed by atoms with Crippen molar-refractivity contribution in [1.29, 1.82) is 0 Å². The van der Waals surface area contributed by atoms with Crippen LogP contribution in [-0.4, -0.2) is 26.1 Å². The SMILES string of the molecule is CCCOCCC(=NC)NN. The van der Waals surface area contributed by atoms with E-state index in [-0.39, 0.29) is 0 Å². The highest BCUT2D eigenvalue weighted by atomic mass is 16.5. The van der Waals surface area contributed by atoms with E-state index in [9.17, 15) is 0 Å². The summed E-state index contributed by atoms with van der Waals surface area (Å²) in [6, 6.07) is 0. The number of hydrogen-bond donors (Lipinski definition) is 2. The molecule has 0 aromatic carbocycles. The number of ether oxygens (including phenoxy) is 1. The van der Waals surface area contributed by atoms with Crippen LogP contribution in [0.4, 0.5) is 0 Å². The van der Waals surface area contributed by atoms with Gasteiger partial charge in [-0.05, 0) is 6.42 Å². The third-order valence-corrected chi connectivity index (χ3v) is 1.27. The summed E-state index contributed by atoms with van der Waals surface area (Å²) in [4.78, 5) is 3.90. The number of hydrazine groups is 1. The Hall–Kier alpha value is -0.610. The monoisotopic (exact) mass is 159 g/mol. The number of aliphatic imine (C=N–C) groups is 1. The highest BCUT2D eigenvalue weighted by Crippen LogP contribution is 1.86. The van der Waals surface area contributed by atoms with Crippen LogP contribution in [0.25, 0.3) is 0 Å². The molecule has 4 nitrogen and oxygen atoms in total. The van der Waals surface area contributed by atoms with Crippen LogP contribution in [0.15, 0.2) is 4.99 Å². The lowest BCUT2D eigenvalue weighted by Crippen LogP contribution is -2.31. The van der Waals surface area contributed by atoms with Crippen molar-refractivity contribution in [2.24, 2.45) is 10.8 Å². The Bertz CT molecular complexity index is 114. The van der Waals surface area contributed by atoms with E-state index in [0.717, 1.165) is 25.3 Å². The summed E-state index contributed by atoms with van der Waals surface area (Å²) < 4.78 is 5.24. The largest absolute Gasteiger partial charge is 0.381 e. The van der Waals surface area contributed by atoms with E-state index in [1.54, 1.807) is 7.05 Å². The molecule has 0 bridgehead atoms. The lowest BCUT2D eigenvalue weighted by molar-refractivity contribution is 0.141. The van der Waals surface area contributed by atoms with Crippen molar-refractivity contribution in [2.45, 2.75) is 19.8 Å². The van der Waals surface area contributed by atoms with Crippen molar-refractivity contribution in [1.82, 2.24) is 5.43 Å². The molecule has 11 heavy (non-hydrogen) atoms. The fourth-order valence-electron chi connectivity index (χ4n) is 0.664. The first-order chi connectivity index (χ1) is 5.35. The molecule has 0 spiro atoms. The molecule has 0 aromatic heterocycles. The number of nitrogens with zero attached hydrogens (tertiary/aromatic N) is 1. The number of hydrogen-bond acceptors (Lipinski definition) is 3. The Labute approximate surface area is 67.8 Å². The maximum atomic E-state index is 5.24. The maximum absolute atomic E-state index is 5.24. The van der Waals surface area contributed by atoms with E-state index in [1.807, 2.05) is 0 Å². The molecular weight excluding hydrogens is 142 g/mol. The van der Waals surface area contributed by atoms with Crippen molar-refractivity contribution < 1.29 is 4.74 Å². The highest BCUT2D eigenvalue weighted by molar-refractivity contribution is 5.81. The summed E-state index contributed by atoms with van der Waals surface area (Å²) in [6.45, 7) is 3.57. The molecule has 0 heterocycles. The van der Waals surface area contributed by atoms with Crippen LogP contribution in [-0.2, 0) is 4.74 Å². The molecule has 0 radical (unpaired) electrons. The molecule has 66 valence electrons. The van der Waals surface area contributed by atoms with Crippen molar-refractivity contribution >= 4 is 5.84 Å². The van der Waals surface area contributed by atoms with Crippen molar-refractivity contribution in [2.75, 3.05) is 20.3 Å². The van der Waals surface area contributed by atoms with E-state index < -0.39 is 0 Å². The third-order valence-electron chi connectivity index (χ3n) is 1.27. The van der Waals surface area contributed by atoms with E-state index in [2.05, 4.69) is 17.3 Å². The normalized spacial score (nSPS) is 11.7. The summed E-state index contributed by atoms with van der Waals surface area (Å²) in [5.41, 5.74) is 2.50. The van der Waals surface area contributed by atoms with E-state index in [1.165, 1.54) is 0 Å². The zero-order valence-corrected chi connectivity index (χ0v) is 7.26. The Morgan fingerprint density at radius 1 is 1.55 bits per heavy atom. The molecule has 3 N–H and O–H groups in total. The first-order valence-corrected chi connectivity index (χ1v) is 3.85. The van der Waals surface area contributed by atoms with Crippen LogP contribution >= 0.6 is 0 Å². The van der Waals surface area contributed by atoms with Gasteiger partial charge in [0.1, 0.15) is 5.84 Å². The molecule has 0 unspecified atom stereocenters. The van der Waals surface area contributed by atoms with Gasteiger partial charge >= 0.3 is 0 Å². The molecule has 0 rings (SSSR count). The summed E-state index contributed by atoms with van der Waals surface area (Å²) in [5.74, 6) is 5.94. The average Bonchev–Trinajstić information content (AvgIpc) is 2.05. The van der Waals surface area contributed by atoms with Gasteiger partial charge in [0, 0.05) is 20.1 Å². The molecule has 0 atom stereocenters. The molecule has 0 aliphatic rings. The van der Waals surface area contributed by atoms with Gasteiger partial charge in [-0.25, -0.2) is 5.84 Å². The minimum absolute atomic E-state index is 0.685. The van der Waals surface area contributed by atoms with Gasteiger partial charge in [-0.1, -0.05) is 6.92 Å². The van der Waals surface area contributed by atoms with Crippen LogP contribution in [0.2, 0.25) is 0 Å². The van der Waals surface area contributed by atoms with E-state index in [0.29, 0.717) is 6.61 Å². The average molecular weight is 159 g/mol. The van der Waals surface area contributed by atoms with Crippen LogP contribution in [0.5, 0.6) is 0 Å². The molecule has 0 saturated carbocycles. The first kappa shape index (κ1) is 10.4. The maximum Gasteiger partial charge on any atom is 0.112 e. The van der Waals surface area contributed by atoms with Crippen LogP contribution in [0.3, 0.4) is 0 Å². The minimum atomic E-state index is 0.685. The summed E-state index contributed by atoms with van der Waals surface area (Å²) in [6.07, 6.45) is 1.81. The highest BCUT2D eigenvalue weighted by Gasteiger charge is 1.93. The first-order valence-electron chi connectivity index (χ1n) is 3.85. The topological polar surface area (TPSA) is 59.6 Å². The molecule has 0 aliphatic heterocycles. The second kappa shape index (κ2) is 7.50. The fraction of sp³-hybridized carbons (Fsp3) is 0.857. The van der Waals surface area contributed by atoms with Gasteiger partial charge in [0.05, 0.1) is 6.61 Å². The second-order valence-electron chi connectivity index (χ2n) is 2.18. The number of nitrogens with two attached hydrogens (primary N) is 1. The second-order valence-corrected chi connectivity index (χ2v) is 2.18. The number of nitrogens with one attached hydrogen (secondary N) is 1. The van der Waals surface area contributed by atoms with Gasteiger partial charge in [0.2, 0.25) is 0 Å². The molecule has 0 aromatic rings. The molecule has 0 saturated heterocycles.